The molecule has 0 fully saturated rings. The number of carbonyl (C=O) groups is 1. The van der Waals surface area contributed by atoms with Gasteiger partial charge in [-0.05, 0) is 43.3 Å². The lowest BCUT2D eigenvalue weighted by atomic mass is 10.2. The highest BCUT2D eigenvalue weighted by atomic mass is 16.1. The third-order valence-electron chi connectivity index (χ3n) is 2.59. The van der Waals surface area contributed by atoms with Gasteiger partial charge in [0.1, 0.15) is 0 Å². The van der Waals surface area contributed by atoms with E-state index in [4.69, 9.17) is 0 Å². The van der Waals surface area contributed by atoms with Crippen molar-refractivity contribution in [1.29, 1.82) is 0 Å². The number of rotatable bonds is 5. The van der Waals surface area contributed by atoms with Crippen molar-refractivity contribution >= 4 is 11.6 Å². The molecular weight excluding hydrogens is 240 g/mol. The van der Waals surface area contributed by atoms with Crippen molar-refractivity contribution in [1.82, 2.24) is 15.5 Å². The topological polar surface area (TPSA) is 66.9 Å². The SMILES string of the molecule is CCNc1ccc(C(=O)NCc2cccnn2)cc1. The van der Waals surface area contributed by atoms with Gasteiger partial charge in [0, 0.05) is 24.0 Å². The molecule has 5 nitrogen and oxygen atoms in total. The van der Waals surface area contributed by atoms with Crippen LogP contribution in [0.5, 0.6) is 0 Å². The largest absolute Gasteiger partial charge is 0.385 e. The van der Waals surface area contributed by atoms with Crippen molar-refractivity contribution in [2.75, 3.05) is 11.9 Å². The highest BCUT2D eigenvalue weighted by Crippen LogP contribution is 2.09. The van der Waals surface area contributed by atoms with Crippen molar-refractivity contribution in [2.24, 2.45) is 0 Å². The number of aromatic nitrogens is 2. The van der Waals surface area contributed by atoms with Crippen LogP contribution < -0.4 is 10.6 Å². The fourth-order valence-electron chi connectivity index (χ4n) is 1.64. The maximum absolute atomic E-state index is 11.9. The lowest BCUT2D eigenvalue weighted by molar-refractivity contribution is 0.0950. The van der Waals surface area contributed by atoms with Gasteiger partial charge in [-0.1, -0.05) is 0 Å². The first kappa shape index (κ1) is 13.0. The Bertz CT molecular complexity index is 525. The maximum atomic E-state index is 11.9. The van der Waals surface area contributed by atoms with Gasteiger partial charge < -0.3 is 10.6 Å². The summed E-state index contributed by atoms with van der Waals surface area (Å²) < 4.78 is 0. The van der Waals surface area contributed by atoms with Crippen LogP contribution in [0.15, 0.2) is 42.6 Å². The molecule has 5 heteroatoms. The fraction of sp³-hybridized carbons (Fsp3) is 0.214. The third kappa shape index (κ3) is 3.77. The second-order valence-electron chi connectivity index (χ2n) is 4.01. The molecule has 0 saturated heterocycles. The molecule has 0 radical (unpaired) electrons. The zero-order valence-electron chi connectivity index (χ0n) is 10.8. The normalized spacial score (nSPS) is 9.95. The molecule has 0 bridgehead atoms. The predicted octanol–water partition coefficient (Wildman–Crippen LogP) is 1.84. The Kier molecular flexibility index (Phi) is 4.44. The first-order valence-electron chi connectivity index (χ1n) is 6.18. The van der Waals surface area contributed by atoms with E-state index in [9.17, 15) is 4.79 Å². The highest BCUT2D eigenvalue weighted by Gasteiger charge is 2.05. The van der Waals surface area contributed by atoms with E-state index in [1.807, 2.05) is 25.1 Å². The van der Waals surface area contributed by atoms with Gasteiger partial charge in [-0.2, -0.15) is 10.2 Å². The van der Waals surface area contributed by atoms with Gasteiger partial charge >= 0.3 is 0 Å². The summed E-state index contributed by atoms with van der Waals surface area (Å²) in [5, 5.41) is 13.7. The second-order valence-corrected chi connectivity index (χ2v) is 4.01. The second kappa shape index (κ2) is 6.49. The van der Waals surface area contributed by atoms with Crippen LogP contribution in [0.1, 0.15) is 23.0 Å². The molecule has 0 atom stereocenters. The van der Waals surface area contributed by atoms with Crippen LogP contribution in [0.2, 0.25) is 0 Å². The Morgan fingerprint density at radius 2 is 2.00 bits per heavy atom. The number of nitrogens with zero attached hydrogens (tertiary/aromatic N) is 2. The molecule has 2 rings (SSSR count). The van der Waals surface area contributed by atoms with Crippen LogP contribution in [0.4, 0.5) is 5.69 Å². The van der Waals surface area contributed by atoms with E-state index >= 15 is 0 Å². The zero-order chi connectivity index (χ0) is 13.5. The standard InChI is InChI=1S/C14H16N4O/c1-2-15-12-7-5-11(6-8-12)14(19)16-10-13-4-3-9-17-18-13/h3-9,15H,2,10H2,1H3,(H,16,19). The van der Waals surface area contributed by atoms with Gasteiger partial charge in [-0.3, -0.25) is 4.79 Å². The third-order valence-corrected chi connectivity index (χ3v) is 2.59. The molecular formula is C14H16N4O. The van der Waals surface area contributed by atoms with Gasteiger partial charge in [0.2, 0.25) is 0 Å². The molecule has 2 aromatic rings. The van der Waals surface area contributed by atoms with Gasteiger partial charge in [0.05, 0.1) is 12.2 Å². The summed E-state index contributed by atoms with van der Waals surface area (Å²) in [5.74, 6) is -0.117. The van der Waals surface area contributed by atoms with Gasteiger partial charge in [-0.15, -0.1) is 0 Å². The number of hydrogen-bond acceptors (Lipinski definition) is 4. The summed E-state index contributed by atoms with van der Waals surface area (Å²) in [6, 6.07) is 11.0. The minimum atomic E-state index is -0.117. The van der Waals surface area contributed by atoms with Crippen LogP contribution in [-0.4, -0.2) is 22.6 Å². The minimum Gasteiger partial charge on any atom is -0.385 e. The molecule has 0 aliphatic carbocycles. The molecule has 0 saturated carbocycles. The number of carbonyl (C=O) groups excluding carboxylic acids is 1. The van der Waals surface area contributed by atoms with Crippen molar-refractivity contribution in [2.45, 2.75) is 13.5 Å². The smallest absolute Gasteiger partial charge is 0.251 e. The Morgan fingerprint density at radius 3 is 2.63 bits per heavy atom. The quantitative estimate of drug-likeness (QED) is 0.856. The molecule has 1 amide bonds. The Labute approximate surface area is 112 Å². The van der Waals surface area contributed by atoms with Crippen LogP contribution in [0.25, 0.3) is 0 Å². The van der Waals surface area contributed by atoms with E-state index in [-0.39, 0.29) is 5.91 Å². The number of hydrogen-bond donors (Lipinski definition) is 2. The summed E-state index contributed by atoms with van der Waals surface area (Å²) in [6.07, 6.45) is 1.60. The Hall–Kier alpha value is -2.43. The fourth-order valence-corrected chi connectivity index (χ4v) is 1.64. The van der Waals surface area contributed by atoms with E-state index in [1.165, 1.54) is 0 Å². The first-order valence-corrected chi connectivity index (χ1v) is 6.18. The zero-order valence-corrected chi connectivity index (χ0v) is 10.8. The molecule has 98 valence electrons. The number of nitrogens with one attached hydrogen (secondary N) is 2. The summed E-state index contributed by atoms with van der Waals surface area (Å²) in [6.45, 7) is 3.27. The molecule has 1 heterocycles. The van der Waals surface area contributed by atoms with Crippen molar-refractivity contribution in [3.8, 4) is 0 Å². The molecule has 0 spiro atoms. The van der Waals surface area contributed by atoms with Crippen molar-refractivity contribution in [3.05, 3.63) is 53.9 Å². The van der Waals surface area contributed by atoms with E-state index in [1.54, 1.807) is 24.4 Å². The van der Waals surface area contributed by atoms with Gasteiger partial charge in [0.25, 0.3) is 5.91 Å². The highest BCUT2D eigenvalue weighted by molar-refractivity contribution is 5.94. The molecule has 19 heavy (non-hydrogen) atoms. The number of benzene rings is 1. The van der Waals surface area contributed by atoms with Gasteiger partial charge in [0.15, 0.2) is 0 Å². The lowest BCUT2D eigenvalue weighted by Gasteiger charge is -2.06. The van der Waals surface area contributed by atoms with Crippen LogP contribution in [0, 0.1) is 0 Å². The van der Waals surface area contributed by atoms with Crippen molar-refractivity contribution < 1.29 is 4.79 Å². The van der Waals surface area contributed by atoms with Crippen molar-refractivity contribution in [3.63, 3.8) is 0 Å². The summed E-state index contributed by atoms with van der Waals surface area (Å²) in [7, 11) is 0. The van der Waals surface area contributed by atoms with E-state index in [0.29, 0.717) is 12.1 Å². The van der Waals surface area contributed by atoms with E-state index < -0.39 is 0 Å². The Morgan fingerprint density at radius 1 is 1.21 bits per heavy atom. The monoisotopic (exact) mass is 256 g/mol. The Balaban J connectivity index is 1.92. The summed E-state index contributed by atoms with van der Waals surface area (Å²) >= 11 is 0. The maximum Gasteiger partial charge on any atom is 0.251 e. The molecule has 0 aliphatic heterocycles. The lowest BCUT2D eigenvalue weighted by Crippen LogP contribution is -2.23. The molecule has 1 aromatic heterocycles. The van der Waals surface area contributed by atoms with Gasteiger partial charge in [-0.25, -0.2) is 0 Å². The van der Waals surface area contributed by atoms with E-state index in [0.717, 1.165) is 17.9 Å². The average Bonchev–Trinajstić information content (AvgIpc) is 2.47. The molecule has 2 N–H and O–H groups in total. The molecule has 0 unspecified atom stereocenters. The number of anilines is 1. The summed E-state index contributed by atoms with van der Waals surface area (Å²) in [4.78, 5) is 11.9. The minimum absolute atomic E-state index is 0.117. The molecule has 0 aliphatic rings. The van der Waals surface area contributed by atoms with Crippen LogP contribution in [-0.2, 0) is 6.54 Å². The average molecular weight is 256 g/mol. The first-order chi connectivity index (χ1) is 9.29. The van der Waals surface area contributed by atoms with Crippen LogP contribution >= 0.6 is 0 Å². The summed E-state index contributed by atoms with van der Waals surface area (Å²) in [5.41, 5.74) is 2.37. The number of amides is 1. The molecule has 1 aromatic carbocycles. The predicted molar refractivity (Wildman–Crippen MR) is 73.8 cm³/mol. The van der Waals surface area contributed by atoms with E-state index in [2.05, 4.69) is 20.8 Å². The van der Waals surface area contributed by atoms with Crippen LogP contribution in [0.3, 0.4) is 0 Å².